The first-order valence-electron chi connectivity index (χ1n) is 8.03. The summed E-state index contributed by atoms with van der Waals surface area (Å²) >= 11 is -0.142. The number of rotatable bonds is 3. The van der Waals surface area contributed by atoms with E-state index in [2.05, 4.69) is 0 Å². The average Bonchev–Trinajstić information content (AvgIpc) is 2.96. The second kappa shape index (κ2) is 7.15. The quantitative estimate of drug-likeness (QED) is 0.690. The van der Waals surface area contributed by atoms with Crippen LogP contribution in [0.4, 0.5) is 13.2 Å². The second-order valence-electron chi connectivity index (χ2n) is 6.03. The maximum atomic E-state index is 12.4. The van der Waals surface area contributed by atoms with E-state index in [0.29, 0.717) is 12.8 Å². The van der Waals surface area contributed by atoms with Gasteiger partial charge in [-0.15, -0.1) is 0 Å². The van der Waals surface area contributed by atoms with Crippen molar-refractivity contribution in [1.82, 2.24) is 4.90 Å². The molecular formula is C19H16F3NO2S. The summed E-state index contributed by atoms with van der Waals surface area (Å²) in [7, 11) is 0. The van der Waals surface area contributed by atoms with E-state index in [1.807, 2.05) is 24.3 Å². The number of likely N-dealkylation sites (tertiary alicyclic amines) is 1. The van der Waals surface area contributed by atoms with Crippen LogP contribution in [0.3, 0.4) is 0 Å². The van der Waals surface area contributed by atoms with Gasteiger partial charge in [-0.2, -0.15) is 13.2 Å². The number of benzene rings is 2. The number of hydrogen-bond donors (Lipinski definition) is 0. The fourth-order valence-electron chi connectivity index (χ4n) is 3.14. The third-order valence-electron chi connectivity index (χ3n) is 4.27. The van der Waals surface area contributed by atoms with Crippen LogP contribution in [0.1, 0.15) is 31.4 Å². The Morgan fingerprint density at radius 1 is 1.04 bits per heavy atom. The number of imide groups is 1. The summed E-state index contributed by atoms with van der Waals surface area (Å²) in [5.41, 5.74) is -1.77. The molecule has 0 aromatic heterocycles. The molecule has 2 aromatic carbocycles. The number of carbonyl (C=O) groups excluding carboxylic acids is 2. The van der Waals surface area contributed by atoms with Crippen molar-refractivity contribution >= 4 is 23.6 Å². The van der Waals surface area contributed by atoms with Gasteiger partial charge in [0.15, 0.2) is 0 Å². The number of alkyl halides is 3. The lowest BCUT2D eigenvalue weighted by Gasteiger charge is -2.22. The zero-order valence-electron chi connectivity index (χ0n) is 13.9. The average molecular weight is 379 g/mol. The van der Waals surface area contributed by atoms with E-state index in [4.69, 9.17) is 0 Å². The standard InChI is InChI=1S/C19H16F3NO2S/c1-12(24)23-17(10-11-18(23)25)15-4-2-13(3-5-15)14-6-8-16(9-7-14)26-19(20,21)22/h2-9,17H,10-11H2,1H3. The zero-order valence-corrected chi connectivity index (χ0v) is 14.7. The van der Waals surface area contributed by atoms with Crippen molar-refractivity contribution in [3.05, 3.63) is 54.1 Å². The van der Waals surface area contributed by atoms with Gasteiger partial charge in [-0.3, -0.25) is 14.5 Å². The predicted molar refractivity (Wildman–Crippen MR) is 93.3 cm³/mol. The highest BCUT2D eigenvalue weighted by atomic mass is 32.2. The van der Waals surface area contributed by atoms with Crippen molar-refractivity contribution in [2.24, 2.45) is 0 Å². The summed E-state index contributed by atoms with van der Waals surface area (Å²) in [5, 5.41) is 0. The summed E-state index contributed by atoms with van der Waals surface area (Å²) in [6, 6.07) is 13.3. The Hall–Kier alpha value is -2.28. The van der Waals surface area contributed by atoms with Gasteiger partial charge in [0, 0.05) is 18.2 Å². The highest BCUT2D eigenvalue weighted by molar-refractivity contribution is 8.00. The summed E-state index contributed by atoms with van der Waals surface area (Å²) in [6.45, 7) is 1.38. The molecule has 136 valence electrons. The molecule has 0 N–H and O–H groups in total. The van der Waals surface area contributed by atoms with Gasteiger partial charge in [-0.25, -0.2) is 0 Å². The number of thioether (sulfide) groups is 1. The number of nitrogens with zero attached hydrogens (tertiary/aromatic N) is 1. The zero-order chi connectivity index (χ0) is 18.9. The fourth-order valence-corrected chi connectivity index (χ4v) is 3.68. The van der Waals surface area contributed by atoms with Crippen LogP contribution in [0, 0.1) is 0 Å². The molecule has 0 aliphatic carbocycles. The maximum Gasteiger partial charge on any atom is 0.446 e. The number of amides is 2. The van der Waals surface area contributed by atoms with E-state index >= 15 is 0 Å². The van der Waals surface area contributed by atoms with E-state index in [1.54, 1.807) is 12.1 Å². The Morgan fingerprint density at radius 3 is 2.08 bits per heavy atom. The van der Waals surface area contributed by atoms with E-state index < -0.39 is 5.51 Å². The molecule has 2 aromatic rings. The summed E-state index contributed by atoms with van der Waals surface area (Å²) < 4.78 is 37.2. The van der Waals surface area contributed by atoms with Crippen molar-refractivity contribution in [2.45, 2.75) is 36.2 Å². The van der Waals surface area contributed by atoms with Gasteiger partial charge in [0.1, 0.15) is 0 Å². The molecule has 0 saturated carbocycles. The van der Waals surface area contributed by atoms with Gasteiger partial charge in [-0.05, 0) is 47.0 Å². The third-order valence-corrected chi connectivity index (χ3v) is 5.01. The number of hydrogen-bond acceptors (Lipinski definition) is 3. The molecule has 3 nitrogen and oxygen atoms in total. The molecule has 3 rings (SSSR count). The van der Waals surface area contributed by atoms with Gasteiger partial charge in [0.25, 0.3) is 0 Å². The molecule has 0 radical (unpaired) electrons. The Balaban J connectivity index is 1.77. The second-order valence-corrected chi connectivity index (χ2v) is 7.17. The van der Waals surface area contributed by atoms with Crippen LogP contribution < -0.4 is 0 Å². The topological polar surface area (TPSA) is 37.4 Å². The molecule has 1 aliphatic heterocycles. The Bertz CT molecular complexity index is 816. The molecular weight excluding hydrogens is 363 g/mol. The van der Waals surface area contributed by atoms with Crippen LogP contribution in [0.15, 0.2) is 53.4 Å². The van der Waals surface area contributed by atoms with Gasteiger partial charge < -0.3 is 0 Å². The van der Waals surface area contributed by atoms with Crippen LogP contribution >= 0.6 is 11.8 Å². The molecule has 1 aliphatic rings. The Labute approximate surface area is 153 Å². The third kappa shape index (κ3) is 4.09. The molecule has 7 heteroatoms. The minimum absolute atomic E-state index is 0.138. The highest BCUT2D eigenvalue weighted by Gasteiger charge is 2.34. The maximum absolute atomic E-state index is 12.4. The molecule has 1 atom stereocenters. The lowest BCUT2D eigenvalue weighted by Crippen LogP contribution is -2.32. The van der Waals surface area contributed by atoms with Crippen molar-refractivity contribution in [2.75, 3.05) is 0 Å². The van der Waals surface area contributed by atoms with Crippen molar-refractivity contribution in [1.29, 1.82) is 0 Å². The first kappa shape index (κ1) is 18.5. The normalized spacial score (nSPS) is 17.6. The molecule has 1 unspecified atom stereocenters. The molecule has 2 amide bonds. The van der Waals surface area contributed by atoms with Crippen LogP contribution in [0.25, 0.3) is 11.1 Å². The molecule has 26 heavy (non-hydrogen) atoms. The van der Waals surface area contributed by atoms with Crippen molar-refractivity contribution in [3.63, 3.8) is 0 Å². The lowest BCUT2D eigenvalue weighted by atomic mass is 9.99. The summed E-state index contributed by atoms with van der Waals surface area (Å²) in [4.78, 5) is 25.0. The van der Waals surface area contributed by atoms with Gasteiger partial charge in [-0.1, -0.05) is 36.4 Å². The molecule has 1 heterocycles. The fraction of sp³-hybridized carbons (Fsp3) is 0.263. The van der Waals surface area contributed by atoms with E-state index in [9.17, 15) is 22.8 Å². The minimum atomic E-state index is -4.30. The van der Waals surface area contributed by atoms with Crippen molar-refractivity contribution in [3.8, 4) is 11.1 Å². The number of carbonyl (C=O) groups is 2. The van der Waals surface area contributed by atoms with E-state index in [-0.39, 0.29) is 34.5 Å². The van der Waals surface area contributed by atoms with E-state index in [0.717, 1.165) is 16.7 Å². The van der Waals surface area contributed by atoms with Crippen LogP contribution in [0.2, 0.25) is 0 Å². The van der Waals surface area contributed by atoms with Gasteiger partial charge in [0.05, 0.1) is 6.04 Å². The smallest absolute Gasteiger partial charge is 0.275 e. The van der Waals surface area contributed by atoms with Crippen LogP contribution in [-0.2, 0) is 9.59 Å². The molecule has 0 bridgehead atoms. The first-order chi connectivity index (χ1) is 12.2. The summed E-state index contributed by atoms with van der Waals surface area (Å²) in [5.74, 6) is -0.427. The molecule has 0 spiro atoms. The van der Waals surface area contributed by atoms with Crippen LogP contribution in [-0.4, -0.2) is 22.2 Å². The Kier molecular flexibility index (Phi) is 5.09. The SMILES string of the molecule is CC(=O)N1C(=O)CCC1c1ccc(-c2ccc(SC(F)(F)F)cc2)cc1. The summed E-state index contributed by atoms with van der Waals surface area (Å²) in [6.07, 6.45) is 0.950. The monoisotopic (exact) mass is 379 g/mol. The largest absolute Gasteiger partial charge is 0.446 e. The van der Waals surface area contributed by atoms with Crippen molar-refractivity contribution < 1.29 is 22.8 Å². The first-order valence-corrected chi connectivity index (χ1v) is 8.85. The van der Waals surface area contributed by atoms with E-state index in [1.165, 1.54) is 24.0 Å². The molecule has 1 fully saturated rings. The number of halogens is 3. The van der Waals surface area contributed by atoms with Gasteiger partial charge >= 0.3 is 5.51 Å². The van der Waals surface area contributed by atoms with Crippen LogP contribution in [0.5, 0.6) is 0 Å². The molecule has 1 saturated heterocycles. The Morgan fingerprint density at radius 2 is 1.58 bits per heavy atom. The highest BCUT2D eigenvalue weighted by Crippen LogP contribution is 2.38. The predicted octanol–water partition coefficient (Wildman–Crippen LogP) is 5.18. The minimum Gasteiger partial charge on any atom is -0.275 e. The lowest BCUT2D eigenvalue weighted by molar-refractivity contribution is -0.142. The van der Waals surface area contributed by atoms with Gasteiger partial charge in [0.2, 0.25) is 11.8 Å².